The topological polar surface area (TPSA) is 17.1 Å². The monoisotopic (exact) mass is 268 g/mol. The van der Waals surface area contributed by atoms with Gasteiger partial charge in [-0.05, 0) is 12.8 Å². The molecule has 0 saturated heterocycles. The number of carbonyl (C=O) groups excluding carboxylic acids is 1. The van der Waals surface area contributed by atoms with E-state index in [1.54, 1.807) is 0 Å². The zero-order chi connectivity index (χ0) is 13.0. The summed E-state index contributed by atoms with van der Waals surface area (Å²) >= 11 is 0.760. The quantitative estimate of drug-likeness (QED) is 0.560. The van der Waals surface area contributed by atoms with Crippen molar-refractivity contribution < 1.29 is 31.1 Å². The largest absolute Gasteiger partial charge is 0.456 e. The fourth-order valence-electron chi connectivity index (χ4n) is 0.837. The van der Waals surface area contributed by atoms with Crippen LogP contribution in [0.25, 0.3) is 0 Å². The molecule has 0 N–H and O–H groups in total. The average Bonchev–Trinajstić information content (AvgIpc) is 2.09. The zero-order valence-electron chi connectivity index (χ0n) is 8.28. The first-order valence-corrected chi connectivity index (χ1v) is 5.29. The predicted octanol–water partition coefficient (Wildman–Crippen LogP) is 3.58. The summed E-state index contributed by atoms with van der Waals surface area (Å²) in [5, 5.41) is -0.294. The summed E-state index contributed by atoms with van der Waals surface area (Å²) in [6.45, 7) is 1.22. The molecule has 0 amide bonds. The Hall–Kier alpha value is -0.400. The molecule has 1 unspecified atom stereocenters. The SMILES string of the molecule is CC(=O)SCCCC(F)C(F)(F)C(F)(F)F. The second-order valence-electron chi connectivity index (χ2n) is 3.07. The number of hydrogen-bond acceptors (Lipinski definition) is 2. The first kappa shape index (κ1) is 15.6. The van der Waals surface area contributed by atoms with Gasteiger partial charge < -0.3 is 0 Å². The molecule has 0 radical (unpaired) electrons. The number of rotatable bonds is 5. The molecule has 0 aromatic carbocycles. The maximum atomic E-state index is 12.6. The number of carbonyl (C=O) groups is 1. The second kappa shape index (κ2) is 5.79. The van der Waals surface area contributed by atoms with E-state index in [1.807, 2.05) is 0 Å². The lowest BCUT2D eigenvalue weighted by molar-refractivity contribution is -0.303. The van der Waals surface area contributed by atoms with Crippen LogP contribution >= 0.6 is 11.8 Å². The lowest BCUT2D eigenvalue weighted by Gasteiger charge is -2.22. The maximum absolute atomic E-state index is 12.6. The summed E-state index contributed by atoms with van der Waals surface area (Å²) in [4.78, 5) is 10.4. The van der Waals surface area contributed by atoms with Crippen molar-refractivity contribution in [2.45, 2.75) is 38.0 Å². The molecule has 0 bridgehead atoms. The molecule has 0 aromatic heterocycles. The molecule has 0 aromatic rings. The van der Waals surface area contributed by atoms with Gasteiger partial charge in [0.05, 0.1) is 0 Å². The summed E-state index contributed by atoms with van der Waals surface area (Å²) in [7, 11) is 0. The van der Waals surface area contributed by atoms with Crippen LogP contribution < -0.4 is 0 Å². The zero-order valence-corrected chi connectivity index (χ0v) is 9.10. The van der Waals surface area contributed by atoms with Crippen molar-refractivity contribution in [3.05, 3.63) is 0 Å². The molecular formula is C8H10F6OS. The fourth-order valence-corrected chi connectivity index (χ4v) is 1.44. The lowest BCUT2D eigenvalue weighted by atomic mass is 10.1. The van der Waals surface area contributed by atoms with E-state index >= 15 is 0 Å². The van der Waals surface area contributed by atoms with Gasteiger partial charge in [-0.1, -0.05) is 11.8 Å². The Bertz CT molecular complexity index is 239. The van der Waals surface area contributed by atoms with Gasteiger partial charge in [0, 0.05) is 12.7 Å². The van der Waals surface area contributed by atoms with E-state index in [0.717, 1.165) is 11.8 Å². The lowest BCUT2D eigenvalue weighted by Crippen LogP contribution is -2.44. The summed E-state index contributed by atoms with van der Waals surface area (Å²) in [5.74, 6) is -5.29. The van der Waals surface area contributed by atoms with Crippen molar-refractivity contribution >= 4 is 16.9 Å². The third-order valence-electron chi connectivity index (χ3n) is 1.68. The Labute approximate surface area is 92.6 Å². The van der Waals surface area contributed by atoms with Gasteiger partial charge >= 0.3 is 12.1 Å². The van der Waals surface area contributed by atoms with E-state index in [1.165, 1.54) is 6.92 Å². The molecule has 0 aliphatic carbocycles. The minimum atomic E-state index is -5.87. The molecule has 1 atom stereocenters. The maximum Gasteiger partial charge on any atom is 0.456 e. The molecule has 0 heterocycles. The molecule has 1 nitrogen and oxygen atoms in total. The molecule has 8 heteroatoms. The molecule has 0 aliphatic rings. The molecule has 0 rings (SSSR count). The van der Waals surface area contributed by atoms with Crippen LogP contribution in [0.4, 0.5) is 26.3 Å². The van der Waals surface area contributed by atoms with Gasteiger partial charge in [-0.15, -0.1) is 0 Å². The Balaban J connectivity index is 4.06. The number of halogens is 6. The van der Waals surface area contributed by atoms with Crippen LogP contribution in [0.3, 0.4) is 0 Å². The summed E-state index contributed by atoms with van der Waals surface area (Å²) < 4.78 is 72.3. The van der Waals surface area contributed by atoms with Crippen molar-refractivity contribution in [1.29, 1.82) is 0 Å². The standard InChI is InChI=1S/C8H10F6OS/c1-5(15)16-4-2-3-6(9)7(10,11)8(12,13)14/h6H,2-4H2,1H3. The Morgan fingerprint density at radius 3 is 2.12 bits per heavy atom. The van der Waals surface area contributed by atoms with Gasteiger partial charge in [0.15, 0.2) is 11.3 Å². The first-order valence-electron chi connectivity index (χ1n) is 4.31. The highest BCUT2D eigenvalue weighted by Crippen LogP contribution is 2.40. The molecule has 0 fully saturated rings. The molecule has 16 heavy (non-hydrogen) atoms. The van der Waals surface area contributed by atoms with Crippen LogP contribution in [0.2, 0.25) is 0 Å². The van der Waals surface area contributed by atoms with Crippen molar-refractivity contribution in [2.24, 2.45) is 0 Å². The van der Waals surface area contributed by atoms with Crippen LogP contribution in [0.15, 0.2) is 0 Å². The third kappa shape index (κ3) is 4.63. The van der Waals surface area contributed by atoms with E-state index in [-0.39, 0.29) is 17.3 Å². The Morgan fingerprint density at radius 1 is 1.25 bits per heavy atom. The van der Waals surface area contributed by atoms with Crippen LogP contribution in [0.1, 0.15) is 19.8 Å². The van der Waals surface area contributed by atoms with Crippen molar-refractivity contribution in [3.63, 3.8) is 0 Å². The Morgan fingerprint density at radius 2 is 1.75 bits per heavy atom. The molecule has 0 aliphatic heterocycles. The summed E-state index contributed by atoms with van der Waals surface area (Å²) in [6.07, 6.45) is -10.3. The van der Waals surface area contributed by atoms with E-state index in [4.69, 9.17) is 0 Å². The smallest absolute Gasteiger partial charge is 0.288 e. The van der Waals surface area contributed by atoms with Crippen molar-refractivity contribution in [2.75, 3.05) is 5.75 Å². The number of alkyl halides is 6. The van der Waals surface area contributed by atoms with Gasteiger partial charge in [0.25, 0.3) is 0 Å². The van der Waals surface area contributed by atoms with Gasteiger partial charge in [-0.2, -0.15) is 22.0 Å². The highest BCUT2D eigenvalue weighted by Gasteiger charge is 2.62. The fraction of sp³-hybridized carbons (Fsp3) is 0.875. The Kier molecular flexibility index (Phi) is 5.64. The highest BCUT2D eigenvalue weighted by atomic mass is 32.2. The van der Waals surface area contributed by atoms with Crippen molar-refractivity contribution in [3.8, 4) is 0 Å². The van der Waals surface area contributed by atoms with Gasteiger partial charge in [-0.25, -0.2) is 4.39 Å². The van der Waals surface area contributed by atoms with Gasteiger partial charge in [0.1, 0.15) is 0 Å². The minimum Gasteiger partial charge on any atom is -0.288 e. The van der Waals surface area contributed by atoms with Gasteiger partial charge in [0.2, 0.25) is 0 Å². The predicted molar refractivity (Wildman–Crippen MR) is 48.3 cm³/mol. The van der Waals surface area contributed by atoms with Crippen molar-refractivity contribution in [1.82, 2.24) is 0 Å². The van der Waals surface area contributed by atoms with E-state index in [9.17, 15) is 31.1 Å². The minimum absolute atomic E-state index is 0.0314. The molecule has 96 valence electrons. The van der Waals surface area contributed by atoms with Crippen LogP contribution in [0, 0.1) is 0 Å². The van der Waals surface area contributed by atoms with Crippen LogP contribution in [-0.2, 0) is 4.79 Å². The van der Waals surface area contributed by atoms with Crippen LogP contribution in [-0.4, -0.2) is 29.1 Å². The third-order valence-corrected chi connectivity index (χ3v) is 2.58. The highest BCUT2D eigenvalue weighted by molar-refractivity contribution is 8.13. The molecular weight excluding hydrogens is 258 g/mol. The van der Waals surface area contributed by atoms with Gasteiger partial charge in [-0.3, -0.25) is 4.79 Å². The van der Waals surface area contributed by atoms with E-state index < -0.39 is 24.7 Å². The molecule has 0 spiro atoms. The number of hydrogen-bond donors (Lipinski definition) is 0. The normalized spacial score (nSPS) is 14.9. The average molecular weight is 268 g/mol. The van der Waals surface area contributed by atoms with E-state index in [0.29, 0.717) is 0 Å². The number of thioether (sulfide) groups is 1. The summed E-state index contributed by atoms with van der Waals surface area (Å²) in [5.41, 5.74) is 0. The first-order chi connectivity index (χ1) is 7.09. The summed E-state index contributed by atoms with van der Waals surface area (Å²) in [6, 6.07) is 0. The molecule has 0 saturated carbocycles. The van der Waals surface area contributed by atoms with Crippen LogP contribution in [0.5, 0.6) is 0 Å². The second-order valence-corrected chi connectivity index (χ2v) is 4.34. The van der Waals surface area contributed by atoms with E-state index in [2.05, 4.69) is 0 Å².